The molecule has 0 bridgehead atoms. The van der Waals surface area contributed by atoms with Crippen LogP contribution >= 0.6 is 31.9 Å². The van der Waals surface area contributed by atoms with Crippen molar-refractivity contribution in [3.8, 4) is 0 Å². The normalized spacial score (nSPS) is 11.4. The lowest BCUT2D eigenvalue weighted by Crippen LogP contribution is -2.12. The first-order valence-corrected chi connectivity index (χ1v) is 7.16. The molecule has 0 fully saturated rings. The average molecular weight is 410 g/mol. The van der Waals surface area contributed by atoms with Crippen molar-refractivity contribution in [1.82, 2.24) is 4.98 Å². The maximum absolute atomic E-state index is 12.8. The second kappa shape index (κ2) is 6.13. The summed E-state index contributed by atoms with van der Waals surface area (Å²) in [6.07, 6.45) is -2.79. The zero-order chi connectivity index (χ0) is 14.8. The first-order chi connectivity index (χ1) is 9.38. The smallest absolute Gasteiger partial charge is 0.365 e. The van der Waals surface area contributed by atoms with Crippen LogP contribution in [0.15, 0.2) is 45.5 Å². The lowest BCUT2D eigenvalue weighted by molar-refractivity contribution is -0.138. The van der Waals surface area contributed by atoms with Crippen LogP contribution in [0.3, 0.4) is 0 Å². The zero-order valence-electron chi connectivity index (χ0n) is 10.0. The van der Waals surface area contributed by atoms with Crippen molar-refractivity contribution in [2.24, 2.45) is 0 Å². The predicted molar refractivity (Wildman–Crippen MR) is 78.4 cm³/mol. The largest absolute Gasteiger partial charge is 0.416 e. The molecule has 20 heavy (non-hydrogen) atoms. The van der Waals surface area contributed by atoms with E-state index in [2.05, 4.69) is 42.2 Å². The van der Waals surface area contributed by atoms with Gasteiger partial charge in [0.05, 0.1) is 10.0 Å². The van der Waals surface area contributed by atoms with Crippen molar-refractivity contribution in [1.29, 1.82) is 0 Å². The molecule has 1 aromatic carbocycles. The standard InChI is InChI=1S/C13H9Br2F3N2/c14-9-5-11(15)12(20-7-9)19-6-8-3-1-2-4-10(8)13(16,17)18/h1-5,7H,6H2,(H,19,20). The summed E-state index contributed by atoms with van der Waals surface area (Å²) in [5, 5.41) is 2.89. The Kier molecular flexibility index (Phi) is 4.70. The van der Waals surface area contributed by atoms with E-state index < -0.39 is 11.7 Å². The van der Waals surface area contributed by atoms with E-state index in [1.165, 1.54) is 12.1 Å². The Bertz CT molecular complexity index is 615. The molecule has 0 aliphatic rings. The average Bonchev–Trinajstić information content (AvgIpc) is 2.37. The van der Waals surface area contributed by atoms with Gasteiger partial charge in [0.25, 0.3) is 0 Å². The van der Waals surface area contributed by atoms with Gasteiger partial charge in [-0.15, -0.1) is 0 Å². The summed E-state index contributed by atoms with van der Waals surface area (Å²) in [6.45, 7) is 0.0446. The van der Waals surface area contributed by atoms with Gasteiger partial charge in [-0.3, -0.25) is 0 Å². The third-order valence-corrected chi connectivity index (χ3v) is 3.62. The van der Waals surface area contributed by atoms with Gasteiger partial charge in [-0.1, -0.05) is 18.2 Å². The Morgan fingerprint density at radius 2 is 1.85 bits per heavy atom. The van der Waals surface area contributed by atoms with Crippen molar-refractivity contribution in [3.63, 3.8) is 0 Å². The highest BCUT2D eigenvalue weighted by molar-refractivity contribution is 9.11. The van der Waals surface area contributed by atoms with Crippen molar-refractivity contribution in [2.75, 3.05) is 5.32 Å². The molecule has 106 valence electrons. The van der Waals surface area contributed by atoms with Crippen LogP contribution in [0.5, 0.6) is 0 Å². The van der Waals surface area contributed by atoms with Crippen LogP contribution in [-0.4, -0.2) is 4.98 Å². The second-order valence-corrected chi connectivity index (χ2v) is 5.76. The lowest BCUT2D eigenvalue weighted by atomic mass is 10.1. The minimum Gasteiger partial charge on any atom is -0.365 e. The third-order valence-electron chi connectivity index (χ3n) is 2.58. The number of halogens is 5. The summed E-state index contributed by atoms with van der Waals surface area (Å²) in [7, 11) is 0. The van der Waals surface area contributed by atoms with Gasteiger partial charge in [-0.2, -0.15) is 13.2 Å². The molecule has 0 radical (unpaired) electrons. The molecule has 1 N–H and O–H groups in total. The molecule has 0 saturated heterocycles. The van der Waals surface area contributed by atoms with Crippen molar-refractivity contribution >= 4 is 37.7 Å². The summed E-state index contributed by atoms with van der Waals surface area (Å²) >= 11 is 6.56. The summed E-state index contributed by atoms with van der Waals surface area (Å²) in [5.41, 5.74) is -0.461. The van der Waals surface area contributed by atoms with Crippen LogP contribution in [0, 0.1) is 0 Å². The molecule has 0 atom stereocenters. The number of benzene rings is 1. The van der Waals surface area contributed by atoms with Crippen molar-refractivity contribution in [3.05, 3.63) is 56.6 Å². The van der Waals surface area contributed by atoms with Crippen LogP contribution in [0.25, 0.3) is 0 Å². The molecule has 1 heterocycles. The fourth-order valence-electron chi connectivity index (χ4n) is 1.67. The molecule has 0 unspecified atom stereocenters. The number of hydrogen-bond donors (Lipinski definition) is 1. The van der Waals surface area contributed by atoms with Crippen LogP contribution in [-0.2, 0) is 12.7 Å². The molecule has 0 spiro atoms. The number of nitrogens with zero attached hydrogens (tertiary/aromatic N) is 1. The number of hydrogen-bond acceptors (Lipinski definition) is 2. The van der Waals surface area contributed by atoms with Gasteiger partial charge >= 0.3 is 6.18 Å². The Morgan fingerprint density at radius 3 is 2.50 bits per heavy atom. The maximum Gasteiger partial charge on any atom is 0.416 e. The van der Waals surface area contributed by atoms with E-state index >= 15 is 0 Å². The zero-order valence-corrected chi connectivity index (χ0v) is 13.2. The summed E-state index contributed by atoms with van der Waals surface area (Å²) in [5.74, 6) is 0.491. The van der Waals surface area contributed by atoms with E-state index in [-0.39, 0.29) is 12.1 Å². The molecule has 1 aromatic heterocycles. The fourth-order valence-corrected chi connectivity index (χ4v) is 2.80. The van der Waals surface area contributed by atoms with E-state index in [9.17, 15) is 13.2 Å². The van der Waals surface area contributed by atoms with Gasteiger partial charge in [0.15, 0.2) is 0 Å². The lowest BCUT2D eigenvalue weighted by Gasteiger charge is -2.14. The monoisotopic (exact) mass is 408 g/mol. The Labute approximate surface area is 130 Å². The number of aromatic nitrogens is 1. The van der Waals surface area contributed by atoms with Gasteiger partial charge in [-0.25, -0.2) is 4.98 Å². The van der Waals surface area contributed by atoms with E-state index in [0.717, 1.165) is 10.5 Å². The second-order valence-electron chi connectivity index (χ2n) is 3.99. The quantitative estimate of drug-likeness (QED) is 0.749. The Hall–Kier alpha value is -1.08. The van der Waals surface area contributed by atoms with Crippen molar-refractivity contribution < 1.29 is 13.2 Å². The molecule has 0 saturated carbocycles. The van der Waals surface area contributed by atoms with E-state index in [0.29, 0.717) is 10.3 Å². The Balaban J connectivity index is 2.19. The van der Waals surface area contributed by atoms with Crippen LogP contribution in [0.1, 0.15) is 11.1 Å². The van der Waals surface area contributed by atoms with Crippen LogP contribution < -0.4 is 5.32 Å². The number of nitrogens with one attached hydrogen (secondary N) is 1. The van der Waals surface area contributed by atoms with E-state index in [1.54, 1.807) is 18.3 Å². The molecule has 7 heteroatoms. The predicted octanol–water partition coefficient (Wildman–Crippen LogP) is 5.24. The van der Waals surface area contributed by atoms with Crippen LogP contribution in [0.4, 0.5) is 19.0 Å². The molecular weight excluding hydrogens is 401 g/mol. The van der Waals surface area contributed by atoms with Gasteiger partial charge in [0, 0.05) is 17.2 Å². The highest BCUT2D eigenvalue weighted by Crippen LogP contribution is 2.32. The summed E-state index contributed by atoms with van der Waals surface area (Å²) in [6, 6.07) is 7.24. The molecule has 0 amide bonds. The summed E-state index contributed by atoms with van der Waals surface area (Å²) < 4.78 is 40.0. The van der Waals surface area contributed by atoms with Crippen LogP contribution in [0.2, 0.25) is 0 Å². The topological polar surface area (TPSA) is 24.9 Å². The SMILES string of the molecule is FC(F)(F)c1ccccc1CNc1ncc(Br)cc1Br. The molecule has 0 aliphatic carbocycles. The number of pyridine rings is 1. The van der Waals surface area contributed by atoms with Crippen molar-refractivity contribution in [2.45, 2.75) is 12.7 Å². The van der Waals surface area contributed by atoms with E-state index in [4.69, 9.17) is 0 Å². The number of alkyl halides is 3. The molecular formula is C13H9Br2F3N2. The molecule has 2 aromatic rings. The molecule has 0 aliphatic heterocycles. The first kappa shape index (κ1) is 15.3. The third kappa shape index (κ3) is 3.73. The Morgan fingerprint density at radius 1 is 1.15 bits per heavy atom. The summed E-state index contributed by atoms with van der Waals surface area (Å²) in [4.78, 5) is 4.10. The highest BCUT2D eigenvalue weighted by Gasteiger charge is 2.32. The molecule has 2 nitrogen and oxygen atoms in total. The fraction of sp³-hybridized carbons (Fsp3) is 0.154. The van der Waals surface area contributed by atoms with Gasteiger partial charge in [0.2, 0.25) is 0 Å². The number of anilines is 1. The maximum atomic E-state index is 12.8. The van der Waals surface area contributed by atoms with E-state index in [1.807, 2.05) is 0 Å². The first-order valence-electron chi connectivity index (χ1n) is 5.58. The minimum atomic E-state index is -4.36. The molecule has 2 rings (SSSR count). The number of rotatable bonds is 3. The van der Waals surface area contributed by atoms with Gasteiger partial charge < -0.3 is 5.32 Å². The van der Waals surface area contributed by atoms with Gasteiger partial charge in [0.1, 0.15) is 5.82 Å². The minimum absolute atomic E-state index is 0.0446. The highest BCUT2D eigenvalue weighted by atomic mass is 79.9. The van der Waals surface area contributed by atoms with Gasteiger partial charge in [-0.05, 0) is 49.6 Å².